The largest absolute Gasteiger partial charge is 0.481 e. The van der Waals surface area contributed by atoms with E-state index in [-0.39, 0.29) is 11.2 Å². The van der Waals surface area contributed by atoms with Gasteiger partial charge in [0.2, 0.25) is 5.88 Å². The zero-order valence-electron chi connectivity index (χ0n) is 11.3. The Kier molecular flexibility index (Phi) is 1.73. The van der Waals surface area contributed by atoms with E-state index in [1.54, 1.807) is 25.8 Å². The van der Waals surface area contributed by atoms with Gasteiger partial charge in [-0.25, -0.2) is 4.98 Å². The zero-order chi connectivity index (χ0) is 14.1. The second kappa shape index (κ2) is 3.30. The first-order valence-corrected chi connectivity index (χ1v) is 6.74. The van der Waals surface area contributed by atoms with Gasteiger partial charge in [0, 0.05) is 30.5 Å². The van der Waals surface area contributed by atoms with Crippen LogP contribution >= 0.6 is 0 Å². The summed E-state index contributed by atoms with van der Waals surface area (Å²) in [5, 5.41) is 11.6. The van der Waals surface area contributed by atoms with Gasteiger partial charge in [0.25, 0.3) is 0 Å². The molecule has 0 spiro atoms. The van der Waals surface area contributed by atoms with Gasteiger partial charge in [-0.2, -0.15) is 0 Å². The molecule has 2 unspecified atom stereocenters. The predicted molar refractivity (Wildman–Crippen MR) is 74.8 cm³/mol. The van der Waals surface area contributed by atoms with E-state index in [0.717, 1.165) is 17.8 Å². The highest BCUT2D eigenvalue weighted by Crippen LogP contribution is 2.66. The van der Waals surface area contributed by atoms with Crippen molar-refractivity contribution < 1.29 is 4.74 Å². The summed E-state index contributed by atoms with van der Waals surface area (Å²) in [6.45, 7) is 0. The van der Waals surface area contributed by atoms with Gasteiger partial charge in [-0.05, 0) is 11.6 Å². The Morgan fingerprint density at radius 2 is 2.38 bits per heavy atom. The van der Waals surface area contributed by atoms with Crippen LogP contribution in [0.3, 0.4) is 0 Å². The molecule has 0 radical (unpaired) electrons. The Balaban J connectivity index is 1.69. The van der Waals surface area contributed by atoms with Crippen LogP contribution in [0.5, 0.6) is 5.88 Å². The van der Waals surface area contributed by atoms with E-state index in [1.165, 1.54) is 5.57 Å². The summed E-state index contributed by atoms with van der Waals surface area (Å²) in [4.78, 5) is 8.83. The van der Waals surface area contributed by atoms with Gasteiger partial charge < -0.3 is 10.1 Å². The lowest BCUT2D eigenvalue weighted by molar-refractivity contribution is 0.397. The number of rotatable bonds is 2. The van der Waals surface area contributed by atoms with Gasteiger partial charge in [0.1, 0.15) is 11.9 Å². The maximum absolute atomic E-state index is 5.23. The first-order valence-electron chi connectivity index (χ1n) is 6.74. The monoisotopic (exact) mass is 280 g/mol. The molecule has 0 aromatic carbocycles. The maximum Gasteiger partial charge on any atom is 0.213 e. The fraction of sp³-hybridized carbons (Fsp3) is 0.286. The third-order valence-electron chi connectivity index (χ3n) is 4.61. The summed E-state index contributed by atoms with van der Waals surface area (Å²) in [7, 11) is 1.62. The summed E-state index contributed by atoms with van der Waals surface area (Å²) < 4.78 is 7.34. The smallest absolute Gasteiger partial charge is 0.213 e. The van der Waals surface area contributed by atoms with Crippen LogP contribution in [0.25, 0.3) is 5.57 Å². The third-order valence-corrected chi connectivity index (χ3v) is 4.61. The number of pyridine rings is 1. The number of methoxy groups -OCH3 is 1. The molecule has 0 bridgehead atoms. The molecular formula is C14H12N6O. The molecule has 2 aliphatic heterocycles. The number of ether oxygens (including phenoxy) is 1. The van der Waals surface area contributed by atoms with Crippen LogP contribution in [0.1, 0.15) is 17.8 Å². The lowest BCUT2D eigenvalue weighted by Crippen LogP contribution is -2.36. The fourth-order valence-corrected chi connectivity index (χ4v) is 3.53. The van der Waals surface area contributed by atoms with Crippen molar-refractivity contribution in [1.29, 1.82) is 0 Å². The highest BCUT2D eigenvalue weighted by atomic mass is 16.5. The van der Waals surface area contributed by atoms with Crippen LogP contribution in [-0.4, -0.2) is 38.7 Å². The number of fused-ring (bicyclic) bond motifs is 1. The predicted octanol–water partition coefficient (Wildman–Crippen LogP) is 0.554. The highest BCUT2D eigenvalue weighted by molar-refractivity contribution is 5.87. The lowest BCUT2D eigenvalue weighted by atomic mass is 9.97. The molecule has 0 amide bonds. The molecule has 7 heteroatoms. The van der Waals surface area contributed by atoms with E-state index in [1.807, 2.05) is 18.3 Å². The molecule has 4 heterocycles. The van der Waals surface area contributed by atoms with Crippen LogP contribution in [0, 0.1) is 0 Å². The van der Waals surface area contributed by atoms with Crippen molar-refractivity contribution >= 4 is 11.8 Å². The summed E-state index contributed by atoms with van der Waals surface area (Å²) in [6.07, 6.45) is 8.26. The van der Waals surface area contributed by atoms with E-state index in [4.69, 9.17) is 4.74 Å². The van der Waals surface area contributed by atoms with Crippen LogP contribution in [0.15, 0.2) is 35.8 Å². The van der Waals surface area contributed by atoms with Gasteiger partial charge >= 0.3 is 0 Å². The molecule has 0 saturated heterocycles. The van der Waals surface area contributed by atoms with Gasteiger partial charge in [0.05, 0.1) is 13.3 Å². The Bertz CT molecular complexity index is 824. The van der Waals surface area contributed by atoms with Crippen molar-refractivity contribution in [2.75, 3.05) is 7.11 Å². The molecule has 2 atom stereocenters. The normalized spacial score (nSPS) is 30.8. The molecule has 1 N–H and O–H groups in total. The van der Waals surface area contributed by atoms with Gasteiger partial charge in [-0.3, -0.25) is 9.56 Å². The van der Waals surface area contributed by atoms with Crippen LogP contribution in [-0.2, 0) is 5.54 Å². The Morgan fingerprint density at radius 3 is 3.29 bits per heavy atom. The SMILES string of the molecule is COc1cc(C2=CNC34CC23n2cnnc2C=N4)ccn1. The maximum atomic E-state index is 5.23. The Hall–Kier alpha value is -2.70. The van der Waals surface area contributed by atoms with Crippen molar-refractivity contribution in [2.45, 2.75) is 17.6 Å². The van der Waals surface area contributed by atoms with Crippen molar-refractivity contribution in [3.8, 4) is 5.88 Å². The fourth-order valence-electron chi connectivity index (χ4n) is 3.53. The number of nitrogens with one attached hydrogen (secondary N) is 1. The number of aliphatic imine (C=N–C) groups is 1. The minimum absolute atomic E-state index is 0.229. The van der Waals surface area contributed by atoms with E-state index < -0.39 is 0 Å². The van der Waals surface area contributed by atoms with E-state index in [0.29, 0.717) is 5.88 Å². The van der Waals surface area contributed by atoms with Crippen molar-refractivity contribution in [3.63, 3.8) is 0 Å². The van der Waals surface area contributed by atoms with Crippen molar-refractivity contribution in [2.24, 2.45) is 4.99 Å². The van der Waals surface area contributed by atoms with E-state index in [9.17, 15) is 0 Å². The second-order valence-corrected chi connectivity index (χ2v) is 5.50. The Labute approximate surface area is 120 Å². The summed E-state index contributed by atoms with van der Waals surface area (Å²) in [5.41, 5.74) is 1.73. The average Bonchev–Trinajstić information content (AvgIpc) is 2.86. The summed E-state index contributed by atoms with van der Waals surface area (Å²) in [6, 6.07) is 3.93. The molecule has 1 aliphatic carbocycles. The van der Waals surface area contributed by atoms with Crippen LogP contribution in [0.2, 0.25) is 0 Å². The zero-order valence-corrected chi connectivity index (χ0v) is 11.3. The Morgan fingerprint density at radius 1 is 1.43 bits per heavy atom. The number of nitrogens with zero attached hydrogens (tertiary/aromatic N) is 5. The molecule has 21 heavy (non-hydrogen) atoms. The second-order valence-electron chi connectivity index (χ2n) is 5.50. The topological polar surface area (TPSA) is 77.2 Å². The molecule has 2 aromatic heterocycles. The number of hydrogen-bond acceptors (Lipinski definition) is 6. The van der Waals surface area contributed by atoms with Crippen LogP contribution in [0.4, 0.5) is 0 Å². The summed E-state index contributed by atoms with van der Waals surface area (Å²) in [5.74, 6) is 1.39. The average molecular weight is 280 g/mol. The molecular weight excluding hydrogens is 268 g/mol. The molecule has 1 saturated carbocycles. The van der Waals surface area contributed by atoms with Crippen molar-refractivity contribution in [3.05, 3.63) is 42.2 Å². The first-order chi connectivity index (χ1) is 10.3. The van der Waals surface area contributed by atoms with Crippen molar-refractivity contribution in [1.82, 2.24) is 25.1 Å². The van der Waals surface area contributed by atoms with Crippen LogP contribution < -0.4 is 10.1 Å². The molecule has 3 aliphatic rings. The minimum atomic E-state index is -0.284. The molecule has 104 valence electrons. The van der Waals surface area contributed by atoms with Gasteiger partial charge in [-0.1, -0.05) is 0 Å². The highest BCUT2D eigenvalue weighted by Gasteiger charge is 2.76. The van der Waals surface area contributed by atoms with Gasteiger partial charge in [-0.15, -0.1) is 10.2 Å². The number of aromatic nitrogens is 4. The summed E-state index contributed by atoms with van der Waals surface area (Å²) >= 11 is 0. The third kappa shape index (κ3) is 1.11. The molecule has 2 aromatic rings. The quantitative estimate of drug-likeness (QED) is 0.869. The first kappa shape index (κ1) is 11.0. The van der Waals surface area contributed by atoms with E-state index in [2.05, 4.69) is 30.1 Å². The lowest BCUT2D eigenvalue weighted by Gasteiger charge is -2.24. The molecule has 7 nitrogen and oxygen atoms in total. The number of hydrogen-bond donors (Lipinski definition) is 1. The van der Waals surface area contributed by atoms with Gasteiger partial charge in [0.15, 0.2) is 11.5 Å². The molecule has 5 rings (SSSR count). The molecule has 1 fully saturated rings. The standard InChI is InChI=1S/C14H12N6O/c1-21-12-4-9(2-3-15-12)10-5-16-14-7-13(10,14)20-8-18-19-11(20)6-17-14/h2-6,8,16H,7H2,1H3. The minimum Gasteiger partial charge on any atom is -0.481 e. The van der Waals surface area contributed by atoms with E-state index >= 15 is 0 Å².